The van der Waals surface area contributed by atoms with Crippen molar-refractivity contribution < 1.29 is 18.9 Å². The molecule has 0 atom stereocenters. The second-order valence-corrected chi connectivity index (χ2v) is 7.17. The Morgan fingerprint density at radius 2 is 0.926 bits per heavy atom. The average molecular weight is 384 g/mol. The first kappa shape index (κ1) is 19.1. The molecule has 0 bridgehead atoms. The molecule has 0 saturated heterocycles. The molecule has 3 rings (SSSR count). The minimum atomic E-state index is 0.729. The molecule has 0 fully saturated rings. The van der Waals surface area contributed by atoms with E-state index in [2.05, 4.69) is 26.0 Å². The molecular weight excluding hydrogens is 360 g/mol. The number of methoxy groups -OCH3 is 4. The van der Waals surface area contributed by atoms with Gasteiger partial charge in [-0.05, 0) is 72.5 Å². The summed E-state index contributed by atoms with van der Waals surface area (Å²) in [5.74, 6) is 2.92. The predicted octanol–water partition coefficient (Wildman–Crippen LogP) is 5.73. The summed E-state index contributed by atoms with van der Waals surface area (Å²) >= 11 is 1.76. The van der Waals surface area contributed by atoms with Gasteiger partial charge in [0.2, 0.25) is 0 Å². The first-order valence-electron chi connectivity index (χ1n) is 8.58. The van der Waals surface area contributed by atoms with Crippen LogP contribution in [0, 0.1) is 13.8 Å². The molecule has 0 aliphatic rings. The second kappa shape index (κ2) is 7.92. The Labute approximate surface area is 164 Å². The first-order chi connectivity index (χ1) is 13.0. The van der Waals surface area contributed by atoms with Gasteiger partial charge in [0.05, 0.1) is 28.4 Å². The lowest BCUT2D eigenvalue weighted by molar-refractivity contribution is 0.355. The molecule has 27 heavy (non-hydrogen) atoms. The summed E-state index contributed by atoms with van der Waals surface area (Å²) in [5.41, 5.74) is 4.75. The van der Waals surface area contributed by atoms with Crippen LogP contribution in [0.2, 0.25) is 0 Å². The zero-order valence-electron chi connectivity index (χ0n) is 16.5. The van der Waals surface area contributed by atoms with Gasteiger partial charge in [-0.3, -0.25) is 0 Å². The third kappa shape index (κ3) is 3.47. The molecule has 1 heterocycles. The Morgan fingerprint density at radius 1 is 0.556 bits per heavy atom. The van der Waals surface area contributed by atoms with E-state index in [1.165, 1.54) is 20.9 Å². The average Bonchev–Trinajstić information content (AvgIpc) is 3.01. The fourth-order valence-corrected chi connectivity index (χ4v) is 4.41. The lowest BCUT2D eigenvalue weighted by Crippen LogP contribution is -1.90. The molecule has 0 unspecified atom stereocenters. The first-order valence-corrected chi connectivity index (χ1v) is 9.40. The van der Waals surface area contributed by atoms with Crippen molar-refractivity contribution in [3.05, 3.63) is 47.5 Å². The van der Waals surface area contributed by atoms with Crippen molar-refractivity contribution in [3.8, 4) is 43.9 Å². The minimum Gasteiger partial charge on any atom is -0.493 e. The van der Waals surface area contributed by atoms with Crippen LogP contribution >= 0.6 is 11.3 Å². The van der Waals surface area contributed by atoms with Crippen LogP contribution in [0.3, 0.4) is 0 Å². The van der Waals surface area contributed by atoms with Crippen molar-refractivity contribution in [2.75, 3.05) is 28.4 Å². The van der Waals surface area contributed by atoms with Gasteiger partial charge in [-0.2, -0.15) is 0 Å². The normalized spacial score (nSPS) is 10.6. The molecule has 0 aliphatic heterocycles. The summed E-state index contributed by atoms with van der Waals surface area (Å²) in [6.07, 6.45) is 0. The molecule has 0 N–H and O–H groups in total. The molecule has 0 spiro atoms. The van der Waals surface area contributed by atoms with Crippen LogP contribution in [0.4, 0.5) is 0 Å². The lowest BCUT2D eigenvalue weighted by atomic mass is 10.0. The van der Waals surface area contributed by atoms with E-state index >= 15 is 0 Å². The van der Waals surface area contributed by atoms with Gasteiger partial charge < -0.3 is 18.9 Å². The number of thiophene rings is 1. The van der Waals surface area contributed by atoms with Crippen LogP contribution in [0.5, 0.6) is 23.0 Å². The fourth-order valence-electron chi connectivity index (χ4n) is 3.10. The van der Waals surface area contributed by atoms with Crippen molar-refractivity contribution in [2.45, 2.75) is 13.8 Å². The molecule has 2 aromatic carbocycles. The quantitative estimate of drug-likeness (QED) is 0.543. The van der Waals surface area contributed by atoms with Crippen molar-refractivity contribution in [1.29, 1.82) is 0 Å². The van der Waals surface area contributed by atoms with Gasteiger partial charge in [0.1, 0.15) is 0 Å². The molecule has 142 valence electrons. The highest BCUT2D eigenvalue weighted by molar-refractivity contribution is 7.19. The maximum absolute atomic E-state index is 5.46. The molecule has 0 saturated carbocycles. The number of hydrogen-bond donors (Lipinski definition) is 0. The van der Waals surface area contributed by atoms with Gasteiger partial charge in [0, 0.05) is 9.75 Å². The molecule has 5 heteroatoms. The SMILES string of the molecule is COc1ccc(-c2sc(-c3ccc(OC)c(OC)c3)c(C)c2C)cc1OC. The molecular formula is C22H24O4S. The van der Waals surface area contributed by atoms with Crippen molar-refractivity contribution in [3.63, 3.8) is 0 Å². The van der Waals surface area contributed by atoms with Crippen molar-refractivity contribution >= 4 is 11.3 Å². The molecule has 0 aliphatic carbocycles. The Hall–Kier alpha value is -2.66. The molecule has 3 aromatic rings. The highest BCUT2D eigenvalue weighted by Gasteiger charge is 2.17. The summed E-state index contributed by atoms with van der Waals surface area (Å²) < 4.78 is 21.6. The maximum atomic E-state index is 5.46. The van der Waals surface area contributed by atoms with E-state index in [1.54, 1.807) is 39.8 Å². The Kier molecular flexibility index (Phi) is 5.61. The molecule has 1 aromatic heterocycles. The summed E-state index contributed by atoms with van der Waals surface area (Å²) in [6.45, 7) is 4.31. The number of ether oxygens (including phenoxy) is 4. The standard InChI is InChI=1S/C22H24O4S/c1-13-14(2)22(16-8-10-18(24-4)20(12-16)26-6)27-21(13)15-7-9-17(23-3)19(11-15)25-5/h7-12H,1-6H3. The predicted molar refractivity (Wildman–Crippen MR) is 111 cm³/mol. The van der Waals surface area contributed by atoms with E-state index < -0.39 is 0 Å². The fraction of sp³-hybridized carbons (Fsp3) is 0.273. The van der Waals surface area contributed by atoms with Crippen LogP contribution < -0.4 is 18.9 Å². The van der Waals surface area contributed by atoms with E-state index in [1.807, 2.05) is 24.3 Å². The summed E-state index contributed by atoms with van der Waals surface area (Å²) in [5, 5.41) is 0. The van der Waals surface area contributed by atoms with Gasteiger partial charge in [-0.15, -0.1) is 11.3 Å². The third-order valence-electron chi connectivity index (χ3n) is 4.74. The van der Waals surface area contributed by atoms with Gasteiger partial charge >= 0.3 is 0 Å². The van der Waals surface area contributed by atoms with Crippen LogP contribution in [0.25, 0.3) is 20.9 Å². The van der Waals surface area contributed by atoms with Crippen molar-refractivity contribution in [2.24, 2.45) is 0 Å². The topological polar surface area (TPSA) is 36.9 Å². The Bertz CT molecular complexity index is 883. The highest BCUT2D eigenvalue weighted by Crippen LogP contribution is 2.44. The minimum absolute atomic E-state index is 0.729. The smallest absolute Gasteiger partial charge is 0.161 e. The van der Waals surface area contributed by atoms with Crippen LogP contribution in [-0.4, -0.2) is 28.4 Å². The number of benzene rings is 2. The van der Waals surface area contributed by atoms with Crippen molar-refractivity contribution in [1.82, 2.24) is 0 Å². The summed E-state index contributed by atoms with van der Waals surface area (Å²) in [7, 11) is 6.60. The third-order valence-corrected chi connectivity index (χ3v) is 6.23. The van der Waals surface area contributed by atoms with E-state index in [4.69, 9.17) is 18.9 Å². The van der Waals surface area contributed by atoms with Gasteiger partial charge in [0.15, 0.2) is 23.0 Å². The molecule has 0 amide bonds. The van der Waals surface area contributed by atoms with Gasteiger partial charge in [-0.1, -0.05) is 0 Å². The van der Waals surface area contributed by atoms with Crippen LogP contribution in [0.1, 0.15) is 11.1 Å². The summed E-state index contributed by atoms with van der Waals surface area (Å²) in [6, 6.07) is 12.1. The monoisotopic (exact) mass is 384 g/mol. The van der Waals surface area contributed by atoms with Crippen LogP contribution in [0.15, 0.2) is 36.4 Å². The van der Waals surface area contributed by atoms with E-state index in [9.17, 15) is 0 Å². The van der Waals surface area contributed by atoms with Crippen LogP contribution in [-0.2, 0) is 0 Å². The highest BCUT2D eigenvalue weighted by atomic mass is 32.1. The zero-order chi connectivity index (χ0) is 19.6. The van der Waals surface area contributed by atoms with E-state index in [0.29, 0.717) is 0 Å². The number of hydrogen-bond acceptors (Lipinski definition) is 5. The largest absolute Gasteiger partial charge is 0.493 e. The zero-order valence-corrected chi connectivity index (χ0v) is 17.3. The molecule has 4 nitrogen and oxygen atoms in total. The Balaban J connectivity index is 2.10. The number of rotatable bonds is 6. The lowest BCUT2D eigenvalue weighted by Gasteiger charge is -2.09. The van der Waals surface area contributed by atoms with E-state index in [-0.39, 0.29) is 0 Å². The van der Waals surface area contributed by atoms with E-state index in [0.717, 1.165) is 34.1 Å². The van der Waals surface area contributed by atoms with Gasteiger partial charge in [0.25, 0.3) is 0 Å². The maximum Gasteiger partial charge on any atom is 0.161 e. The molecule has 0 radical (unpaired) electrons. The van der Waals surface area contributed by atoms with Gasteiger partial charge in [-0.25, -0.2) is 0 Å². The summed E-state index contributed by atoms with van der Waals surface area (Å²) in [4.78, 5) is 2.44. The second-order valence-electron chi connectivity index (χ2n) is 6.15. The Morgan fingerprint density at radius 3 is 1.26 bits per heavy atom.